The van der Waals surface area contributed by atoms with Crippen LogP contribution in [0.15, 0.2) is 0 Å². The molecule has 2 aliphatic heterocycles. The molecule has 3 nitrogen and oxygen atoms in total. The SMILES string of the molecule is CCC1(C(=O)O)CCCN1C1CCCSC1. The van der Waals surface area contributed by atoms with Gasteiger partial charge in [0.25, 0.3) is 0 Å². The third-order valence-corrected chi connectivity index (χ3v) is 5.30. The summed E-state index contributed by atoms with van der Waals surface area (Å²) in [5.74, 6) is 1.76. The fourth-order valence-electron chi connectivity index (χ4n) is 3.16. The van der Waals surface area contributed by atoms with E-state index in [2.05, 4.69) is 4.90 Å². The van der Waals surface area contributed by atoms with Crippen LogP contribution >= 0.6 is 11.8 Å². The Labute approximate surface area is 102 Å². The monoisotopic (exact) mass is 243 g/mol. The first-order chi connectivity index (χ1) is 7.70. The number of rotatable bonds is 3. The summed E-state index contributed by atoms with van der Waals surface area (Å²) in [4.78, 5) is 13.9. The number of thioether (sulfide) groups is 1. The van der Waals surface area contributed by atoms with Crippen molar-refractivity contribution >= 4 is 17.7 Å². The normalized spacial score (nSPS) is 36.4. The van der Waals surface area contributed by atoms with Crippen LogP contribution in [0.4, 0.5) is 0 Å². The summed E-state index contributed by atoms with van der Waals surface area (Å²) < 4.78 is 0. The Hall–Kier alpha value is -0.220. The van der Waals surface area contributed by atoms with Gasteiger partial charge in [-0.15, -0.1) is 0 Å². The maximum atomic E-state index is 11.6. The Kier molecular flexibility index (Phi) is 3.80. The van der Waals surface area contributed by atoms with E-state index >= 15 is 0 Å². The molecule has 0 aromatic rings. The maximum Gasteiger partial charge on any atom is 0.324 e. The molecule has 2 saturated heterocycles. The Bertz CT molecular complexity index is 266. The number of likely N-dealkylation sites (tertiary alicyclic amines) is 1. The molecule has 0 aliphatic carbocycles. The molecule has 2 unspecified atom stereocenters. The van der Waals surface area contributed by atoms with Crippen molar-refractivity contribution in [1.29, 1.82) is 0 Å². The molecule has 2 rings (SSSR count). The van der Waals surface area contributed by atoms with Crippen molar-refractivity contribution in [3.8, 4) is 0 Å². The molecule has 0 bridgehead atoms. The predicted molar refractivity (Wildman–Crippen MR) is 66.9 cm³/mol. The average Bonchev–Trinajstić information content (AvgIpc) is 2.75. The summed E-state index contributed by atoms with van der Waals surface area (Å²) in [5.41, 5.74) is -0.553. The van der Waals surface area contributed by atoms with Crippen molar-refractivity contribution in [2.45, 2.75) is 50.6 Å². The highest BCUT2D eigenvalue weighted by Crippen LogP contribution is 2.37. The molecule has 2 aliphatic rings. The van der Waals surface area contributed by atoms with E-state index in [4.69, 9.17) is 0 Å². The topological polar surface area (TPSA) is 40.5 Å². The molecular weight excluding hydrogens is 222 g/mol. The van der Waals surface area contributed by atoms with E-state index in [1.165, 1.54) is 18.6 Å². The highest BCUT2D eigenvalue weighted by molar-refractivity contribution is 7.99. The van der Waals surface area contributed by atoms with Crippen LogP contribution in [0.5, 0.6) is 0 Å². The molecule has 92 valence electrons. The minimum atomic E-state index is -0.608. The number of carboxylic acid groups (broad SMARTS) is 1. The third kappa shape index (κ3) is 1.97. The maximum absolute atomic E-state index is 11.6. The highest BCUT2D eigenvalue weighted by Gasteiger charge is 2.48. The third-order valence-electron chi connectivity index (χ3n) is 4.10. The van der Waals surface area contributed by atoms with Crippen LogP contribution in [-0.2, 0) is 4.79 Å². The molecule has 0 radical (unpaired) electrons. The van der Waals surface area contributed by atoms with Gasteiger partial charge in [0.1, 0.15) is 5.54 Å². The molecule has 1 N–H and O–H groups in total. The van der Waals surface area contributed by atoms with Gasteiger partial charge in [0.05, 0.1) is 0 Å². The van der Waals surface area contributed by atoms with E-state index in [0.717, 1.165) is 31.6 Å². The van der Waals surface area contributed by atoms with Crippen LogP contribution in [0, 0.1) is 0 Å². The highest BCUT2D eigenvalue weighted by atomic mass is 32.2. The fourth-order valence-corrected chi connectivity index (χ4v) is 4.32. The molecule has 2 fully saturated rings. The van der Waals surface area contributed by atoms with Crippen LogP contribution in [0.2, 0.25) is 0 Å². The molecule has 0 amide bonds. The smallest absolute Gasteiger partial charge is 0.324 e. The van der Waals surface area contributed by atoms with Gasteiger partial charge in [0.15, 0.2) is 0 Å². The van der Waals surface area contributed by atoms with Gasteiger partial charge in [-0.2, -0.15) is 11.8 Å². The summed E-state index contributed by atoms with van der Waals surface area (Å²) in [6.45, 7) is 2.99. The van der Waals surface area contributed by atoms with Crippen molar-refractivity contribution in [3.63, 3.8) is 0 Å². The standard InChI is InChI=1S/C12H21NO2S/c1-2-12(11(14)15)6-4-7-13(12)10-5-3-8-16-9-10/h10H,2-9H2,1H3,(H,14,15). The molecule has 0 saturated carbocycles. The largest absolute Gasteiger partial charge is 0.480 e. The number of aliphatic carboxylic acids is 1. The number of carboxylic acids is 1. The van der Waals surface area contributed by atoms with Gasteiger partial charge in [-0.3, -0.25) is 9.69 Å². The fraction of sp³-hybridized carbons (Fsp3) is 0.917. The van der Waals surface area contributed by atoms with Crippen molar-refractivity contribution in [2.75, 3.05) is 18.1 Å². The van der Waals surface area contributed by atoms with Crippen LogP contribution < -0.4 is 0 Å². The second-order valence-electron chi connectivity index (χ2n) is 4.86. The van der Waals surface area contributed by atoms with E-state index < -0.39 is 11.5 Å². The van der Waals surface area contributed by atoms with Crippen molar-refractivity contribution in [3.05, 3.63) is 0 Å². The quantitative estimate of drug-likeness (QED) is 0.825. The van der Waals surface area contributed by atoms with E-state index in [-0.39, 0.29) is 0 Å². The number of hydrogen-bond acceptors (Lipinski definition) is 3. The molecule has 0 aromatic heterocycles. The first kappa shape index (κ1) is 12.2. The van der Waals surface area contributed by atoms with Crippen LogP contribution in [0.3, 0.4) is 0 Å². The lowest BCUT2D eigenvalue weighted by atomic mass is 9.91. The van der Waals surface area contributed by atoms with Gasteiger partial charge in [0, 0.05) is 11.8 Å². The zero-order chi connectivity index (χ0) is 11.6. The summed E-state index contributed by atoms with van der Waals surface area (Å²) in [5, 5.41) is 9.52. The second kappa shape index (κ2) is 4.96. The van der Waals surface area contributed by atoms with Crippen molar-refractivity contribution in [2.24, 2.45) is 0 Å². The van der Waals surface area contributed by atoms with E-state index in [1.54, 1.807) is 0 Å². The van der Waals surface area contributed by atoms with Gasteiger partial charge in [0.2, 0.25) is 0 Å². The molecular formula is C12H21NO2S. The second-order valence-corrected chi connectivity index (χ2v) is 6.01. The molecule has 2 atom stereocenters. The molecule has 4 heteroatoms. The van der Waals surface area contributed by atoms with Gasteiger partial charge >= 0.3 is 5.97 Å². The van der Waals surface area contributed by atoms with Gasteiger partial charge < -0.3 is 5.11 Å². The van der Waals surface area contributed by atoms with E-state index in [1.807, 2.05) is 18.7 Å². The summed E-state index contributed by atoms with van der Waals surface area (Å²) in [7, 11) is 0. The lowest BCUT2D eigenvalue weighted by molar-refractivity contribution is -0.151. The Morgan fingerprint density at radius 2 is 2.38 bits per heavy atom. The number of hydrogen-bond donors (Lipinski definition) is 1. The molecule has 0 aromatic carbocycles. The van der Waals surface area contributed by atoms with Gasteiger partial charge in [-0.05, 0) is 44.4 Å². The molecule has 16 heavy (non-hydrogen) atoms. The first-order valence-electron chi connectivity index (χ1n) is 6.28. The summed E-state index contributed by atoms with van der Waals surface area (Å²) >= 11 is 1.98. The number of carbonyl (C=O) groups is 1. The minimum Gasteiger partial charge on any atom is -0.480 e. The van der Waals surface area contributed by atoms with Crippen molar-refractivity contribution < 1.29 is 9.90 Å². The Balaban J connectivity index is 2.14. The van der Waals surface area contributed by atoms with E-state index in [9.17, 15) is 9.90 Å². The summed E-state index contributed by atoms with van der Waals surface area (Å²) in [6, 6.07) is 0.497. The predicted octanol–water partition coefficient (Wildman–Crippen LogP) is 2.21. The summed E-state index contributed by atoms with van der Waals surface area (Å²) in [6.07, 6.45) is 5.04. The van der Waals surface area contributed by atoms with Gasteiger partial charge in [-0.1, -0.05) is 6.92 Å². The Morgan fingerprint density at radius 1 is 1.56 bits per heavy atom. The van der Waals surface area contributed by atoms with E-state index in [0.29, 0.717) is 6.04 Å². The number of nitrogens with zero attached hydrogens (tertiary/aromatic N) is 1. The minimum absolute atomic E-state index is 0.497. The van der Waals surface area contributed by atoms with Crippen LogP contribution in [0.1, 0.15) is 39.0 Å². The van der Waals surface area contributed by atoms with Crippen LogP contribution in [-0.4, -0.2) is 45.6 Å². The Morgan fingerprint density at radius 3 is 2.94 bits per heavy atom. The zero-order valence-corrected chi connectivity index (χ0v) is 10.8. The van der Waals surface area contributed by atoms with Crippen LogP contribution in [0.25, 0.3) is 0 Å². The lowest BCUT2D eigenvalue weighted by Crippen LogP contribution is -2.55. The lowest BCUT2D eigenvalue weighted by Gasteiger charge is -2.41. The zero-order valence-electron chi connectivity index (χ0n) is 9.95. The molecule has 2 heterocycles. The van der Waals surface area contributed by atoms with Crippen molar-refractivity contribution in [1.82, 2.24) is 4.90 Å². The molecule has 0 spiro atoms. The average molecular weight is 243 g/mol. The first-order valence-corrected chi connectivity index (χ1v) is 7.44. The van der Waals surface area contributed by atoms with Gasteiger partial charge in [-0.25, -0.2) is 0 Å².